The van der Waals surface area contributed by atoms with Crippen LogP contribution in [0.3, 0.4) is 0 Å². The maximum absolute atomic E-state index is 12.3. The van der Waals surface area contributed by atoms with Crippen LogP contribution in [-0.4, -0.2) is 27.0 Å². The average molecular weight is 364 g/mol. The number of aromatic nitrogens is 2. The minimum absolute atomic E-state index is 0.207. The van der Waals surface area contributed by atoms with Crippen LogP contribution in [0.1, 0.15) is 17.3 Å². The SMILES string of the molecule is C[C@@H](Sc1ncnc2sccc12)C(=O)Nc1sccc1C(N)=O. The Bertz CT molecular complexity index is 874. The first kappa shape index (κ1) is 15.9. The molecule has 0 aliphatic heterocycles. The first-order valence-corrected chi connectivity index (χ1v) is 9.23. The highest BCUT2D eigenvalue weighted by molar-refractivity contribution is 8.00. The van der Waals surface area contributed by atoms with Crippen molar-refractivity contribution in [2.24, 2.45) is 5.73 Å². The molecule has 3 aromatic heterocycles. The van der Waals surface area contributed by atoms with Crippen molar-refractivity contribution in [3.8, 4) is 0 Å². The second-order valence-corrected chi connectivity index (χ2v) is 7.74. The van der Waals surface area contributed by atoms with E-state index >= 15 is 0 Å². The molecule has 0 saturated heterocycles. The molecule has 0 unspecified atom stereocenters. The van der Waals surface area contributed by atoms with Gasteiger partial charge < -0.3 is 11.1 Å². The van der Waals surface area contributed by atoms with Crippen molar-refractivity contribution in [3.05, 3.63) is 34.8 Å². The Labute approximate surface area is 144 Å². The highest BCUT2D eigenvalue weighted by Crippen LogP contribution is 2.31. The summed E-state index contributed by atoms with van der Waals surface area (Å²) in [5.41, 5.74) is 5.60. The molecule has 23 heavy (non-hydrogen) atoms. The van der Waals surface area contributed by atoms with Crippen LogP contribution in [-0.2, 0) is 4.79 Å². The third-order valence-corrected chi connectivity index (χ3v) is 5.82. The molecule has 2 amide bonds. The number of fused-ring (bicyclic) bond motifs is 1. The zero-order valence-electron chi connectivity index (χ0n) is 12.0. The van der Waals surface area contributed by atoms with E-state index in [-0.39, 0.29) is 11.2 Å². The van der Waals surface area contributed by atoms with Crippen molar-refractivity contribution in [3.63, 3.8) is 0 Å². The van der Waals surface area contributed by atoms with E-state index in [1.165, 1.54) is 40.8 Å². The van der Waals surface area contributed by atoms with Crippen LogP contribution in [0.5, 0.6) is 0 Å². The van der Waals surface area contributed by atoms with Crippen LogP contribution < -0.4 is 11.1 Å². The third-order valence-electron chi connectivity index (χ3n) is 3.05. The van der Waals surface area contributed by atoms with Gasteiger partial charge in [0.25, 0.3) is 5.91 Å². The number of hydrogen-bond acceptors (Lipinski definition) is 7. The Balaban J connectivity index is 1.74. The summed E-state index contributed by atoms with van der Waals surface area (Å²) in [6.07, 6.45) is 1.50. The Morgan fingerprint density at radius 2 is 2.04 bits per heavy atom. The van der Waals surface area contributed by atoms with Gasteiger partial charge in [0.05, 0.1) is 10.8 Å². The summed E-state index contributed by atoms with van der Waals surface area (Å²) in [4.78, 5) is 33.0. The lowest BCUT2D eigenvalue weighted by Gasteiger charge is -2.11. The third kappa shape index (κ3) is 3.36. The maximum Gasteiger partial charge on any atom is 0.251 e. The Morgan fingerprint density at radius 1 is 1.26 bits per heavy atom. The molecule has 0 bridgehead atoms. The normalized spacial score (nSPS) is 12.2. The number of rotatable bonds is 5. The number of hydrogen-bond donors (Lipinski definition) is 2. The molecule has 3 heterocycles. The summed E-state index contributed by atoms with van der Waals surface area (Å²) in [7, 11) is 0. The van der Waals surface area contributed by atoms with E-state index < -0.39 is 5.91 Å². The molecule has 3 rings (SSSR count). The van der Waals surface area contributed by atoms with Gasteiger partial charge in [0.2, 0.25) is 5.91 Å². The number of primary amides is 1. The number of nitrogens with two attached hydrogens (primary N) is 1. The molecule has 0 aromatic carbocycles. The fourth-order valence-electron chi connectivity index (χ4n) is 1.90. The molecule has 0 aliphatic carbocycles. The number of carbonyl (C=O) groups is 2. The Hall–Kier alpha value is -1.97. The predicted molar refractivity (Wildman–Crippen MR) is 94.2 cm³/mol. The molecular weight excluding hydrogens is 352 g/mol. The second-order valence-electron chi connectivity index (χ2n) is 4.60. The number of nitrogens with one attached hydrogen (secondary N) is 1. The van der Waals surface area contributed by atoms with E-state index in [1.54, 1.807) is 18.4 Å². The highest BCUT2D eigenvalue weighted by Gasteiger charge is 2.20. The van der Waals surface area contributed by atoms with Gasteiger partial charge in [-0.25, -0.2) is 9.97 Å². The summed E-state index contributed by atoms with van der Waals surface area (Å²) >= 11 is 4.15. The average Bonchev–Trinajstić information content (AvgIpc) is 3.16. The van der Waals surface area contributed by atoms with E-state index in [0.29, 0.717) is 10.6 Å². The number of thioether (sulfide) groups is 1. The summed E-state index contributed by atoms with van der Waals surface area (Å²) < 4.78 is 0. The lowest BCUT2D eigenvalue weighted by molar-refractivity contribution is -0.115. The van der Waals surface area contributed by atoms with E-state index in [2.05, 4.69) is 15.3 Å². The standard InChI is InChI=1S/C14H12N4O2S3/c1-7(11(20)18-14-8(10(15)19)2-4-22-14)23-13-9-3-5-21-12(9)16-6-17-13/h2-7H,1H3,(H2,15,19)(H,18,20)/t7-/m1/s1. The monoisotopic (exact) mass is 364 g/mol. The van der Waals surface area contributed by atoms with Crippen LogP contribution in [0, 0.1) is 0 Å². The first-order chi connectivity index (χ1) is 11.1. The molecule has 6 nitrogen and oxygen atoms in total. The fourth-order valence-corrected chi connectivity index (χ4v) is 4.39. The van der Waals surface area contributed by atoms with E-state index in [9.17, 15) is 9.59 Å². The summed E-state index contributed by atoms with van der Waals surface area (Å²) in [5.74, 6) is -0.764. The second kappa shape index (κ2) is 6.65. The molecule has 9 heteroatoms. The topological polar surface area (TPSA) is 98.0 Å². The quantitative estimate of drug-likeness (QED) is 0.536. The molecule has 0 aliphatic rings. The number of anilines is 1. The molecule has 1 atom stereocenters. The lowest BCUT2D eigenvalue weighted by atomic mass is 10.3. The van der Waals surface area contributed by atoms with Gasteiger partial charge in [-0.2, -0.15) is 0 Å². The smallest absolute Gasteiger partial charge is 0.251 e. The number of nitrogens with zero attached hydrogens (tertiary/aromatic N) is 2. The van der Waals surface area contributed by atoms with Gasteiger partial charge in [0.15, 0.2) is 0 Å². The van der Waals surface area contributed by atoms with Crippen molar-refractivity contribution >= 4 is 61.5 Å². The Morgan fingerprint density at radius 3 is 2.83 bits per heavy atom. The van der Waals surface area contributed by atoms with Crippen LogP contribution in [0.2, 0.25) is 0 Å². The fraction of sp³-hybridized carbons (Fsp3) is 0.143. The van der Waals surface area contributed by atoms with Gasteiger partial charge in [-0.1, -0.05) is 11.8 Å². The van der Waals surface area contributed by atoms with Crippen molar-refractivity contribution < 1.29 is 9.59 Å². The first-order valence-electron chi connectivity index (χ1n) is 6.59. The maximum atomic E-state index is 12.3. The number of carbonyl (C=O) groups excluding carboxylic acids is 2. The van der Waals surface area contributed by atoms with Gasteiger partial charge in [-0.3, -0.25) is 9.59 Å². The van der Waals surface area contributed by atoms with Crippen molar-refractivity contribution in [1.82, 2.24) is 9.97 Å². The Kier molecular flexibility index (Phi) is 4.60. The van der Waals surface area contributed by atoms with Crippen molar-refractivity contribution in [1.29, 1.82) is 0 Å². The van der Waals surface area contributed by atoms with E-state index in [1.807, 2.05) is 11.4 Å². The van der Waals surface area contributed by atoms with Gasteiger partial charge in [-0.05, 0) is 29.8 Å². The summed E-state index contributed by atoms with van der Waals surface area (Å²) in [6, 6.07) is 3.54. The zero-order chi connectivity index (χ0) is 16.4. The molecule has 0 saturated carbocycles. The largest absolute Gasteiger partial charge is 0.366 e. The van der Waals surface area contributed by atoms with E-state index in [4.69, 9.17) is 5.73 Å². The van der Waals surface area contributed by atoms with Crippen LogP contribution >= 0.6 is 34.4 Å². The summed E-state index contributed by atoms with van der Waals surface area (Å²) in [5, 5.41) is 8.21. The minimum Gasteiger partial charge on any atom is -0.366 e. The van der Waals surface area contributed by atoms with Gasteiger partial charge in [0, 0.05) is 5.39 Å². The summed E-state index contributed by atoms with van der Waals surface area (Å²) in [6.45, 7) is 1.79. The predicted octanol–water partition coefficient (Wildman–Crippen LogP) is 2.97. The number of thiophene rings is 2. The molecule has 0 spiro atoms. The molecule has 3 N–H and O–H groups in total. The van der Waals surface area contributed by atoms with Gasteiger partial charge in [0.1, 0.15) is 21.2 Å². The molecule has 3 aromatic rings. The molecule has 118 valence electrons. The molecular formula is C14H12N4O2S3. The van der Waals surface area contributed by atoms with Crippen molar-refractivity contribution in [2.75, 3.05) is 5.32 Å². The molecule has 0 fully saturated rings. The number of amides is 2. The lowest BCUT2D eigenvalue weighted by Crippen LogP contribution is -2.23. The van der Waals surface area contributed by atoms with Gasteiger partial charge >= 0.3 is 0 Å². The molecule has 0 radical (unpaired) electrons. The highest BCUT2D eigenvalue weighted by atomic mass is 32.2. The van der Waals surface area contributed by atoms with Gasteiger partial charge in [-0.15, -0.1) is 22.7 Å². The van der Waals surface area contributed by atoms with Crippen molar-refractivity contribution in [2.45, 2.75) is 17.2 Å². The van der Waals surface area contributed by atoms with Crippen LogP contribution in [0.4, 0.5) is 5.00 Å². The van der Waals surface area contributed by atoms with E-state index in [0.717, 1.165) is 15.2 Å². The minimum atomic E-state index is -0.558. The van der Waals surface area contributed by atoms with Crippen LogP contribution in [0.25, 0.3) is 10.2 Å². The zero-order valence-corrected chi connectivity index (χ0v) is 14.4. The van der Waals surface area contributed by atoms with Crippen LogP contribution in [0.15, 0.2) is 34.2 Å².